The molecule has 1 heterocycles. The van der Waals surface area contributed by atoms with Gasteiger partial charge in [-0.15, -0.1) is 0 Å². The molecule has 144 valence electrons. The van der Waals surface area contributed by atoms with Crippen molar-refractivity contribution in [1.29, 1.82) is 0 Å². The van der Waals surface area contributed by atoms with E-state index >= 15 is 0 Å². The highest BCUT2D eigenvalue weighted by Gasteiger charge is 2.32. The molecule has 5 nitrogen and oxygen atoms in total. The van der Waals surface area contributed by atoms with Crippen LogP contribution >= 0.6 is 0 Å². The largest absolute Gasteiger partial charge is 0.350 e. The molecule has 27 heavy (non-hydrogen) atoms. The number of anilines is 1. The van der Waals surface area contributed by atoms with Gasteiger partial charge in [-0.2, -0.15) is 0 Å². The van der Waals surface area contributed by atoms with Gasteiger partial charge in [0.15, 0.2) is 0 Å². The maximum absolute atomic E-state index is 12.6. The van der Waals surface area contributed by atoms with Crippen molar-refractivity contribution < 1.29 is 13.2 Å². The first kappa shape index (κ1) is 19.4. The summed E-state index contributed by atoms with van der Waals surface area (Å²) in [6, 6.07) is 15.4. The Morgan fingerprint density at radius 3 is 2.59 bits per heavy atom. The lowest BCUT2D eigenvalue weighted by Gasteiger charge is -2.22. The van der Waals surface area contributed by atoms with Crippen LogP contribution in [0.2, 0.25) is 0 Å². The minimum Gasteiger partial charge on any atom is -0.350 e. The summed E-state index contributed by atoms with van der Waals surface area (Å²) in [6.45, 7) is 3.88. The molecule has 0 fully saturated rings. The predicted molar refractivity (Wildman–Crippen MR) is 109 cm³/mol. The van der Waals surface area contributed by atoms with Crippen molar-refractivity contribution in [3.63, 3.8) is 0 Å². The first-order chi connectivity index (χ1) is 12.8. The van der Waals surface area contributed by atoms with E-state index in [2.05, 4.69) is 17.4 Å². The fourth-order valence-electron chi connectivity index (χ4n) is 3.66. The molecule has 1 aliphatic heterocycles. The predicted octanol–water partition coefficient (Wildman–Crippen LogP) is 3.15. The van der Waals surface area contributed by atoms with Gasteiger partial charge >= 0.3 is 0 Å². The Labute approximate surface area is 161 Å². The quantitative estimate of drug-likeness (QED) is 0.829. The van der Waals surface area contributed by atoms with Gasteiger partial charge in [0.1, 0.15) is 0 Å². The number of rotatable bonds is 6. The molecule has 0 bridgehead atoms. The molecule has 0 radical (unpaired) electrons. The van der Waals surface area contributed by atoms with Crippen LogP contribution in [0.5, 0.6) is 0 Å². The number of aryl methyl sites for hydroxylation is 1. The highest BCUT2D eigenvalue weighted by Crippen LogP contribution is 2.34. The second kappa shape index (κ2) is 7.72. The molecule has 0 unspecified atom stereocenters. The van der Waals surface area contributed by atoms with E-state index in [0.717, 1.165) is 18.4 Å². The second-order valence-electron chi connectivity index (χ2n) is 7.35. The van der Waals surface area contributed by atoms with Crippen LogP contribution in [0.15, 0.2) is 48.5 Å². The standard InChI is InChI=1S/C21H26N2O3S/c1-15(9-10-17-7-5-4-6-8-17)22-21(24)18-11-12-20-19(14-18)13-16(2)23(20)27(3,25)26/h4-8,11-12,14-16H,9-10,13H2,1-3H3,(H,22,24)/t15-,16-/m0/s1. The zero-order chi connectivity index (χ0) is 19.6. The van der Waals surface area contributed by atoms with Crippen LogP contribution in [-0.2, 0) is 22.9 Å². The van der Waals surface area contributed by atoms with Crippen molar-refractivity contribution in [1.82, 2.24) is 5.32 Å². The molecule has 2 aromatic rings. The minimum atomic E-state index is -3.32. The van der Waals surface area contributed by atoms with Crippen molar-refractivity contribution in [3.05, 3.63) is 65.2 Å². The number of nitrogens with zero attached hydrogens (tertiary/aromatic N) is 1. The third kappa shape index (κ3) is 4.50. The molecule has 1 N–H and O–H groups in total. The summed E-state index contributed by atoms with van der Waals surface area (Å²) in [5.74, 6) is -0.121. The molecule has 1 aliphatic rings. The summed E-state index contributed by atoms with van der Waals surface area (Å²) in [6.07, 6.45) is 3.60. The van der Waals surface area contributed by atoms with Crippen LogP contribution in [0.4, 0.5) is 5.69 Å². The fraction of sp³-hybridized carbons (Fsp3) is 0.381. The number of nitrogens with one attached hydrogen (secondary N) is 1. The van der Waals surface area contributed by atoms with Crippen molar-refractivity contribution in [2.45, 2.75) is 45.2 Å². The second-order valence-corrected chi connectivity index (χ2v) is 9.21. The Kier molecular flexibility index (Phi) is 5.56. The van der Waals surface area contributed by atoms with Crippen molar-refractivity contribution in [2.24, 2.45) is 0 Å². The van der Waals surface area contributed by atoms with E-state index < -0.39 is 10.0 Å². The van der Waals surface area contributed by atoms with Gasteiger partial charge in [0.25, 0.3) is 5.91 Å². The van der Waals surface area contributed by atoms with E-state index in [9.17, 15) is 13.2 Å². The topological polar surface area (TPSA) is 66.5 Å². The number of benzene rings is 2. The Morgan fingerprint density at radius 2 is 1.93 bits per heavy atom. The van der Waals surface area contributed by atoms with Crippen LogP contribution in [-0.4, -0.2) is 32.7 Å². The Bertz CT molecular complexity index is 926. The first-order valence-corrected chi connectivity index (χ1v) is 11.1. The Hall–Kier alpha value is -2.34. The molecule has 0 aromatic heterocycles. The maximum atomic E-state index is 12.6. The lowest BCUT2D eigenvalue weighted by atomic mass is 10.0. The Morgan fingerprint density at radius 1 is 1.22 bits per heavy atom. The van der Waals surface area contributed by atoms with Crippen LogP contribution < -0.4 is 9.62 Å². The minimum absolute atomic E-state index is 0.0532. The van der Waals surface area contributed by atoms with Gasteiger partial charge < -0.3 is 5.32 Å². The summed E-state index contributed by atoms with van der Waals surface area (Å²) in [4.78, 5) is 12.6. The first-order valence-electron chi connectivity index (χ1n) is 9.23. The van der Waals surface area contributed by atoms with E-state index in [0.29, 0.717) is 17.7 Å². The number of fused-ring (bicyclic) bond motifs is 1. The average Bonchev–Trinajstić information content (AvgIpc) is 2.95. The lowest BCUT2D eigenvalue weighted by Crippen LogP contribution is -2.34. The van der Waals surface area contributed by atoms with Crippen molar-refractivity contribution in [2.75, 3.05) is 10.6 Å². The molecule has 0 saturated carbocycles. The van der Waals surface area contributed by atoms with E-state index in [1.165, 1.54) is 16.1 Å². The van der Waals surface area contributed by atoms with Gasteiger partial charge in [-0.1, -0.05) is 30.3 Å². The van der Waals surface area contributed by atoms with Gasteiger partial charge in [0.05, 0.1) is 11.9 Å². The van der Waals surface area contributed by atoms with E-state index in [-0.39, 0.29) is 18.0 Å². The molecule has 6 heteroatoms. The molecule has 3 rings (SSSR count). The smallest absolute Gasteiger partial charge is 0.251 e. The lowest BCUT2D eigenvalue weighted by molar-refractivity contribution is 0.0938. The van der Waals surface area contributed by atoms with Crippen LogP contribution in [0.3, 0.4) is 0 Å². The monoisotopic (exact) mass is 386 g/mol. The van der Waals surface area contributed by atoms with E-state index in [4.69, 9.17) is 0 Å². The fourth-order valence-corrected chi connectivity index (χ4v) is 4.92. The molecule has 0 saturated heterocycles. The van der Waals surface area contributed by atoms with Gasteiger partial charge in [-0.25, -0.2) is 8.42 Å². The van der Waals surface area contributed by atoms with Crippen LogP contribution in [0.25, 0.3) is 0 Å². The molecule has 1 amide bonds. The Balaban J connectivity index is 1.65. The molecule has 2 atom stereocenters. The normalized spacial score (nSPS) is 17.4. The molecular formula is C21H26N2O3S. The van der Waals surface area contributed by atoms with Gasteiger partial charge in [0, 0.05) is 17.6 Å². The summed E-state index contributed by atoms with van der Waals surface area (Å²) in [7, 11) is -3.32. The molecule has 0 spiro atoms. The van der Waals surface area contributed by atoms with Gasteiger partial charge in [0.2, 0.25) is 10.0 Å². The number of carbonyl (C=O) groups is 1. The van der Waals surface area contributed by atoms with Crippen molar-refractivity contribution in [3.8, 4) is 0 Å². The molecule has 2 aromatic carbocycles. The zero-order valence-corrected chi connectivity index (χ0v) is 16.8. The third-order valence-electron chi connectivity index (χ3n) is 4.94. The number of amides is 1. The zero-order valence-electron chi connectivity index (χ0n) is 16.0. The summed E-state index contributed by atoms with van der Waals surface area (Å²) < 4.78 is 25.4. The van der Waals surface area contributed by atoms with E-state index in [1.54, 1.807) is 12.1 Å². The summed E-state index contributed by atoms with van der Waals surface area (Å²) in [5, 5.41) is 3.04. The average molecular weight is 387 g/mol. The van der Waals surface area contributed by atoms with Gasteiger partial charge in [-0.05, 0) is 62.4 Å². The van der Waals surface area contributed by atoms with Crippen LogP contribution in [0.1, 0.15) is 41.8 Å². The van der Waals surface area contributed by atoms with E-state index in [1.807, 2.05) is 38.1 Å². The number of hydrogen-bond acceptors (Lipinski definition) is 3. The third-order valence-corrected chi connectivity index (χ3v) is 6.21. The maximum Gasteiger partial charge on any atom is 0.251 e. The SMILES string of the molecule is C[C@@H](CCc1ccccc1)NC(=O)c1ccc2c(c1)C[C@H](C)N2S(C)(=O)=O. The summed E-state index contributed by atoms with van der Waals surface area (Å²) >= 11 is 0. The summed E-state index contributed by atoms with van der Waals surface area (Å²) in [5.41, 5.74) is 3.41. The van der Waals surface area contributed by atoms with Gasteiger partial charge in [-0.3, -0.25) is 9.10 Å². The number of sulfonamides is 1. The molecular weight excluding hydrogens is 360 g/mol. The number of hydrogen-bond donors (Lipinski definition) is 1. The highest BCUT2D eigenvalue weighted by atomic mass is 32.2. The van der Waals surface area contributed by atoms with Crippen LogP contribution in [0, 0.1) is 0 Å². The highest BCUT2D eigenvalue weighted by molar-refractivity contribution is 7.92. The number of carbonyl (C=O) groups excluding carboxylic acids is 1. The molecule has 0 aliphatic carbocycles. The van der Waals surface area contributed by atoms with Crippen molar-refractivity contribution >= 4 is 21.6 Å².